The molecule has 0 aliphatic carbocycles. The number of nitrogens with zero attached hydrogens (tertiary/aromatic N) is 2. The van der Waals surface area contributed by atoms with E-state index in [1.165, 1.54) is 19.5 Å². The van der Waals surface area contributed by atoms with Gasteiger partial charge in [-0.15, -0.1) is 0 Å². The van der Waals surface area contributed by atoms with Crippen LogP contribution in [0.5, 0.6) is 0 Å². The molecule has 0 radical (unpaired) electrons. The fourth-order valence-electron chi connectivity index (χ4n) is 2.79. The van der Waals surface area contributed by atoms with Crippen LogP contribution in [0.2, 0.25) is 0 Å². The van der Waals surface area contributed by atoms with Gasteiger partial charge < -0.3 is 15.4 Å². The van der Waals surface area contributed by atoms with Crippen molar-refractivity contribution in [2.75, 3.05) is 17.7 Å². The fourth-order valence-corrected chi connectivity index (χ4v) is 2.79. The number of benzene rings is 2. The van der Waals surface area contributed by atoms with E-state index in [2.05, 4.69) is 34.4 Å². The molecule has 0 aliphatic heterocycles. The minimum Gasteiger partial charge on any atom is -0.465 e. The molecule has 7 nitrogen and oxygen atoms in total. The van der Waals surface area contributed by atoms with Crippen molar-refractivity contribution in [3.63, 3.8) is 0 Å². The van der Waals surface area contributed by atoms with Crippen molar-refractivity contribution in [1.82, 2.24) is 9.97 Å². The summed E-state index contributed by atoms with van der Waals surface area (Å²) in [4.78, 5) is 32.6. The van der Waals surface area contributed by atoms with E-state index in [9.17, 15) is 9.59 Å². The molecule has 7 heteroatoms. The highest BCUT2D eigenvalue weighted by atomic mass is 16.5. The SMILES string of the molecule is COC(=O)c1cccc(Nc2ncc(C(=O)Nc3ccccc3C(C)C)cn2)c1. The van der Waals surface area contributed by atoms with E-state index in [4.69, 9.17) is 4.74 Å². The summed E-state index contributed by atoms with van der Waals surface area (Å²) in [6, 6.07) is 14.5. The first-order valence-electron chi connectivity index (χ1n) is 9.15. The number of hydrogen-bond donors (Lipinski definition) is 2. The summed E-state index contributed by atoms with van der Waals surface area (Å²) in [5.41, 5.74) is 3.23. The molecule has 0 fully saturated rings. The first kappa shape index (κ1) is 20.0. The Hall–Kier alpha value is -3.74. The summed E-state index contributed by atoms with van der Waals surface area (Å²) in [5.74, 6) is -0.109. The minimum absolute atomic E-state index is 0.280. The highest BCUT2D eigenvalue weighted by Gasteiger charge is 2.12. The van der Waals surface area contributed by atoms with Gasteiger partial charge in [0.15, 0.2) is 0 Å². The zero-order chi connectivity index (χ0) is 20.8. The van der Waals surface area contributed by atoms with Crippen LogP contribution in [0.4, 0.5) is 17.3 Å². The van der Waals surface area contributed by atoms with Crippen molar-refractivity contribution in [2.24, 2.45) is 0 Å². The molecular weight excluding hydrogens is 368 g/mol. The number of esters is 1. The molecule has 0 aliphatic rings. The van der Waals surface area contributed by atoms with Crippen molar-refractivity contribution >= 4 is 29.2 Å². The third-order valence-corrected chi connectivity index (χ3v) is 4.28. The van der Waals surface area contributed by atoms with Crippen LogP contribution < -0.4 is 10.6 Å². The number of rotatable bonds is 6. The van der Waals surface area contributed by atoms with E-state index in [1.54, 1.807) is 24.3 Å². The maximum atomic E-state index is 12.5. The lowest BCUT2D eigenvalue weighted by Gasteiger charge is -2.13. The highest BCUT2D eigenvalue weighted by Crippen LogP contribution is 2.24. The van der Waals surface area contributed by atoms with Crippen LogP contribution in [0.3, 0.4) is 0 Å². The molecule has 148 valence electrons. The number of nitrogens with one attached hydrogen (secondary N) is 2. The molecule has 2 aromatic carbocycles. The van der Waals surface area contributed by atoms with Crippen LogP contribution in [0.1, 0.15) is 46.0 Å². The summed E-state index contributed by atoms with van der Waals surface area (Å²) < 4.78 is 4.71. The predicted octanol–water partition coefficient (Wildman–Crippen LogP) is 4.38. The summed E-state index contributed by atoms with van der Waals surface area (Å²) >= 11 is 0. The second-order valence-corrected chi connectivity index (χ2v) is 6.69. The van der Waals surface area contributed by atoms with Crippen LogP contribution in [-0.2, 0) is 4.74 Å². The average molecular weight is 390 g/mol. The molecule has 2 N–H and O–H groups in total. The van der Waals surface area contributed by atoms with E-state index in [1.807, 2.05) is 24.3 Å². The van der Waals surface area contributed by atoms with Gasteiger partial charge in [-0.05, 0) is 35.7 Å². The van der Waals surface area contributed by atoms with Crippen molar-refractivity contribution in [3.8, 4) is 0 Å². The van der Waals surface area contributed by atoms with E-state index < -0.39 is 5.97 Å². The van der Waals surface area contributed by atoms with Crippen molar-refractivity contribution < 1.29 is 14.3 Å². The van der Waals surface area contributed by atoms with Crippen molar-refractivity contribution in [1.29, 1.82) is 0 Å². The molecule has 1 amide bonds. The van der Waals surface area contributed by atoms with Gasteiger partial charge in [-0.3, -0.25) is 4.79 Å². The number of carbonyl (C=O) groups is 2. The lowest BCUT2D eigenvalue weighted by molar-refractivity contribution is 0.0600. The quantitative estimate of drug-likeness (QED) is 0.607. The monoisotopic (exact) mass is 390 g/mol. The molecule has 0 atom stereocenters. The number of amides is 1. The van der Waals surface area contributed by atoms with Gasteiger partial charge in [-0.1, -0.05) is 38.1 Å². The Labute approximate surface area is 169 Å². The lowest BCUT2D eigenvalue weighted by Crippen LogP contribution is -2.14. The number of hydrogen-bond acceptors (Lipinski definition) is 6. The van der Waals surface area contributed by atoms with Gasteiger partial charge in [0, 0.05) is 23.8 Å². The van der Waals surface area contributed by atoms with E-state index in [0.717, 1.165) is 11.3 Å². The smallest absolute Gasteiger partial charge is 0.337 e. The minimum atomic E-state index is -0.428. The van der Waals surface area contributed by atoms with Gasteiger partial charge in [0.2, 0.25) is 5.95 Å². The Kier molecular flexibility index (Phi) is 6.19. The average Bonchev–Trinajstić information content (AvgIpc) is 2.74. The molecule has 0 bridgehead atoms. The largest absolute Gasteiger partial charge is 0.465 e. The zero-order valence-corrected chi connectivity index (χ0v) is 16.5. The molecule has 29 heavy (non-hydrogen) atoms. The number of anilines is 3. The van der Waals surface area contributed by atoms with Crippen molar-refractivity contribution in [3.05, 3.63) is 77.6 Å². The van der Waals surface area contributed by atoms with Crippen LogP contribution in [0.25, 0.3) is 0 Å². The Balaban J connectivity index is 1.71. The van der Waals surface area contributed by atoms with Gasteiger partial charge in [-0.2, -0.15) is 0 Å². The number of carbonyl (C=O) groups excluding carboxylic acids is 2. The van der Waals surface area contributed by atoms with Crippen LogP contribution >= 0.6 is 0 Å². The van der Waals surface area contributed by atoms with E-state index in [0.29, 0.717) is 22.8 Å². The van der Waals surface area contributed by atoms with Gasteiger partial charge in [-0.25, -0.2) is 14.8 Å². The Morgan fingerprint density at radius 1 is 0.966 bits per heavy atom. The van der Waals surface area contributed by atoms with Gasteiger partial charge in [0.1, 0.15) is 0 Å². The van der Waals surface area contributed by atoms with Crippen LogP contribution in [0, 0.1) is 0 Å². The second-order valence-electron chi connectivity index (χ2n) is 6.69. The molecule has 3 aromatic rings. The Morgan fingerprint density at radius 2 is 1.69 bits per heavy atom. The molecule has 0 saturated carbocycles. The summed E-state index contributed by atoms with van der Waals surface area (Å²) in [7, 11) is 1.33. The molecule has 0 unspecified atom stereocenters. The van der Waals surface area contributed by atoms with Gasteiger partial charge in [0.05, 0.1) is 18.2 Å². The van der Waals surface area contributed by atoms with Gasteiger partial charge >= 0.3 is 5.97 Å². The molecule has 1 heterocycles. The summed E-state index contributed by atoms with van der Waals surface area (Å²) in [5, 5.41) is 5.91. The molecule has 1 aromatic heterocycles. The molecular formula is C22H22N4O3. The third-order valence-electron chi connectivity index (χ3n) is 4.28. The molecule has 0 spiro atoms. The first-order valence-corrected chi connectivity index (χ1v) is 9.15. The standard InChI is InChI=1S/C22H22N4O3/c1-14(2)18-9-4-5-10-19(18)26-20(27)16-12-23-22(24-13-16)25-17-8-6-7-15(11-17)21(28)29-3/h4-14H,1-3H3,(H,26,27)(H,23,24,25). The zero-order valence-electron chi connectivity index (χ0n) is 16.5. The number of methoxy groups -OCH3 is 1. The lowest BCUT2D eigenvalue weighted by atomic mass is 10.0. The number of ether oxygens (including phenoxy) is 1. The summed E-state index contributed by atoms with van der Waals surface area (Å²) in [6.07, 6.45) is 2.90. The predicted molar refractivity (Wildman–Crippen MR) is 112 cm³/mol. The maximum Gasteiger partial charge on any atom is 0.337 e. The third kappa shape index (κ3) is 4.95. The van der Waals surface area contributed by atoms with Crippen LogP contribution in [-0.4, -0.2) is 29.0 Å². The second kappa shape index (κ2) is 8.97. The topological polar surface area (TPSA) is 93.2 Å². The fraction of sp³-hybridized carbons (Fsp3) is 0.182. The number of para-hydroxylation sites is 1. The van der Waals surface area contributed by atoms with Crippen molar-refractivity contribution in [2.45, 2.75) is 19.8 Å². The number of aromatic nitrogens is 2. The first-order chi connectivity index (χ1) is 14.0. The Morgan fingerprint density at radius 3 is 2.38 bits per heavy atom. The van der Waals surface area contributed by atoms with Gasteiger partial charge in [0.25, 0.3) is 5.91 Å². The maximum absolute atomic E-state index is 12.5. The van der Waals surface area contributed by atoms with Crippen LogP contribution in [0.15, 0.2) is 60.9 Å². The Bertz CT molecular complexity index is 1020. The normalized spacial score (nSPS) is 10.5. The summed E-state index contributed by atoms with van der Waals surface area (Å²) in [6.45, 7) is 4.15. The van der Waals surface area contributed by atoms with E-state index >= 15 is 0 Å². The molecule has 3 rings (SSSR count). The van der Waals surface area contributed by atoms with E-state index in [-0.39, 0.29) is 11.8 Å². The highest BCUT2D eigenvalue weighted by molar-refractivity contribution is 6.04. The molecule has 0 saturated heterocycles.